The maximum atomic E-state index is 13.0. The molecule has 244 valence electrons. The lowest BCUT2D eigenvalue weighted by Crippen LogP contribution is -2.04. The van der Waals surface area contributed by atoms with Crippen LogP contribution in [-0.2, 0) is 0 Å². The fourth-order valence-electron chi connectivity index (χ4n) is 4.89. The van der Waals surface area contributed by atoms with Gasteiger partial charge < -0.3 is 33.2 Å². The zero-order chi connectivity index (χ0) is 33.2. The van der Waals surface area contributed by atoms with Crippen molar-refractivity contribution in [2.75, 3.05) is 48.8 Å². The summed E-state index contributed by atoms with van der Waals surface area (Å²) >= 11 is 1.65. The van der Waals surface area contributed by atoms with Crippen LogP contribution in [0.1, 0.15) is 28.8 Å². The topological polar surface area (TPSA) is 94.6 Å². The number of para-hydroxylation sites is 1. The summed E-state index contributed by atoms with van der Waals surface area (Å²) in [5, 5.41) is 0.934. The highest BCUT2D eigenvalue weighted by molar-refractivity contribution is 7.21. The Kier molecular flexibility index (Phi) is 11.2. The third-order valence-electron chi connectivity index (χ3n) is 7.32. The molecule has 0 unspecified atom stereocenters. The molecule has 5 aromatic rings. The van der Waals surface area contributed by atoms with Gasteiger partial charge in [-0.1, -0.05) is 24.3 Å². The van der Waals surface area contributed by atoms with Crippen LogP contribution in [0.5, 0.6) is 40.2 Å². The third-order valence-corrected chi connectivity index (χ3v) is 8.41. The number of fused-ring (bicyclic) bond motifs is 1. The van der Waals surface area contributed by atoms with Crippen molar-refractivity contribution in [1.82, 2.24) is 4.98 Å². The number of benzene rings is 4. The van der Waals surface area contributed by atoms with E-state index < -0.39 is 0 Å². The summed E-state index contributed by atoms with van der Waals surface area (Å²) in [4.78, 5) is 17.8. The number of nitrogens with zero attached hydrogens (tertiary/aromatic N) is 1. The Morgan fingerprint density at radius 3 is 1.91 bits per heavy atom. The van der Waals surface area contributed by atoms with E-state index >= 15 is 0 Å². The molecule has 0 bridgehead atoms. The molecule has 0 radical (unpaired) electrons. The molecule has 10 heteroatoms. The van der Waals surface area contributed by atoms with E-state index in [-0.39, 0.29) is 5.78 Å². The number of ether oxygens (including phenoxy) is 7. The molecular weight excluding hydrogens is 618 g/mol. The Morgan fingerprint density at radius 1 is 0.681 bits per heavy atom. The van der Waals surface area contributed by atoms with E-state index in [1.807, 2.05) is 54.6 Å². The lowest BCUT2D eigenvalue weighted by molar-refractivity contribution is 0.104. The van der Waals surface area contributed by atoms with Crippen molar-refractivity contribution in [2.45, 2.75) is 12.8 Å². The summed E-state index contributed by atoms with van der Waals surface area (Å²) in [6.07, 6.45) is 4.73. The molecule has 0 saturated heterocycles. The highest BCUT2D eigenvalue weighted by Gasteiger charge is 2.16. The molecule has 0 saturated carbocycles. The highest BCUT2D eigenvalue weighted by atomic mass is 32.1. The molecule has 0 fully saturated rings. The zero-order valence-electron chi connectivity index (χ0n) is 27.0. The van der Waals surface area contributed by atoms with Crippen LogP contribution in [0.25, 0.3) is 26.9 Å². The number of aromatic nitrogens is 1. The van der Waals surface area contributed by atoms with Gasteiger partial charge in [-0.05, 0) is 79.1 Å². The predicted octanol–water partition coefficient (Wildman–Crippen LogP) is 8.14. The molecule has 0 aliphatic heterocycles. The number of thiazole rings is 1. The third kappa shape index (κ3) is 7.96. The first-order chi connectivity index (χ1) is 23.0. The van der Waals surface area contributed by atoms with E-state index in [2.05, 4.69) is 6.07 Å². The Labute approximate surface area is 278 Å². The van der Waals surface area contributed by atoms with Gasteiger partial charge >= 0.3 is 0 Å². The van der Waals surface area contributed by atoms with Crippen LogP contribution in [0.3, 0.4) is 0 Å². The number of methoxy groups -OCH3 is 5. The molecule has 4 aromatic carbocycles. The maximum Gasteiger partial charge on any atom is 0.203 e. The quantitative estimate of drug-likeness (QED) is 0.0593. The minimum atomic E-state index is -0.218. The number of unbranched alkanes of at least 4 members (excludes halogenated alkanes) is 1. The van der Waals surface area contributed by atoms with Crippen molar-refractivity contribution in [1.29, 1.82) is 0 Å². The molecule has 0 atom stereocenters. The van der Waals surface area contributed by atoms with E-state index in [1.165, 1.54) is 27.4 Å². The molecule has 0 aliphatic carbocycles. The summed E-state index contributed by atoms with van der Waals surface area (Å²) in [7, 11) is 7.76. The largest absolute Gasteiger partial charge is 0.493 e. The molecule has 0 spiro atoms. The van der Waals surface area contributed by atoms with Crippen molar-refractivity contribution in [3.63, 3.8) is 0 Å². The van der Waals surface area contributed by atoms with Gasteiger partial charge in [-0.15, -0.1) is 11.3 Å². The lowest BCUT2D eigenvalue weighted by atomic mass is 10.1. The van der Waals surface area contributed by atoms with Crippen molar-refractivity contribution < 1.29 is 38.0 Å². The van der Waals surface area contributed by atoms with Crippen LogP contribution in [0.2, 0.25) is 0 Å². The first-order valence-electron chi connectivity index (χ1n) is 15.0. The molecule has 0 amide bonds. The minimum Gasteiger partial charge on any atom is -0.493 e. The van der Waals surface area contributed by atoms with E-state index in [1.54, 1.807) is 43.8 Å². The Balaban J connectivity index is 1.16. The molecule has 0 aliphatic rings. The Hall–Kier alpha value is -5.22. The van der Waals surface area contributed by atoms with Gasteiger partial charge in [-0.25, -0.2) is 4.98 Å². The van der Waals surface area contributed by atoms with Crippen LogP contribution in [0, 0.1) is 0 Å². The summed E-state index contributed by atoms with van der Waals surface area (Å²) in [6, 6.07) is 22.7. The fourth-order valence-corrected chi connectivity index (χ4v) is 5.85. The van der Waals surface area contributed by atoms with Crippen molar-refractivity contribution in [2.24, 2.45) is 0 Å². The van der Waals surface area contributed by atoms with Gasteiger partial charge in [-0.3, -0.25) is 4.79 Å². The number of allylic oxidation sites excluding steroid dienone is 1. The molecule has 47 heavy (non-hydrogen) atoms. The van der Waals surface area contributed by atoms with Gasteiger partial charge in [0, 0.05) is 11.1 Å². The minimum absolute atomic E-state index is 0.218. The molecule has 1 aromatic heterocycles. The SMILES string of the molecule is COc1ccc(C=CC(=O)c2cc(OC)c(OC)c(OC)c2)cc1OCCCCOc1cc(-c2nc3ccccc3s2)ccc1OC. The molecule has 0 N–H and O–H groups in total. The summed E-state index contributed by atoms with van der Waals surface area (Å²) in [5.41, 5.74) is 3.15. The molecular formula is C37H37NO8S. The Morgan fingerprint density at radius 2 is 1.30 bits per heavy atom. The molecule has 1 heterocycles. The number of ketones is 1. The van der Waals surface area contributed by atoms with Crippen molar-refractivity contribution in [3.05, 3.63) is 90.0 Å². The fraction of sp³-hybridized carbons (Fsp3) is 0.243. The second-order valence-electron chi connectivity index (χ2n) is 10.3. The lowest BCUT2D eigenvalue weighted by Gasteiger charge is -2.13. The van der Waals surface area contributed by atoms with E-state index in [9.17, 15) is 4.79 Å². The van der Waals surface area contributed by atoms with Gasteiger partial charge in [-0.2, -0.15) is 0 Å². The zero-order valence-corrected chi connectivity index (χ0v) is 27.8. The standard InChI is InChI=1S/C37H37NO8S/c1-40-29-16-13-24(12-15-28(39)26-22-33(42-3)36(44-5)34(23-26)43-4)20-31(29)45-18-8-9-19-46-32-21-25(14-17-30(32)41-2)37-38-27-10-6-7-11-35(27)47-37/h6-7,10-17,20-23H,8-9,18-19H2,1-5H3. The summed E-state index contributed by atoms with van der Waals surface area (Å²) < 4.78 is 40.5. The maximum absolute atomic E-state index is 13.0. The summed E-state index contributed by atoms with van der Waals surface area (Å²) in [6.45, 7) is 0.951. The average molecular weight is 656 g/mol. The Bertz CT molecular complexity index is 1810. The average Bonchev–Trinajstić information content (AvgIpc) is 3.55. The monoisotopic (exact) mass is 655 g/mol. The number of carbonyl (C=O) groups is 1. The first-order valence-corrected chi connectivity index (χ1v) is 15.8. The van der Waals surface area contributed by atoms with Gasteiger partial charge in [0.2, 0.25) is 5.75 Å². The van der Waals surface area contributed by atoms with E-state index in [4.69, 9.17) is 38.1 Å². The first kappa shape index (κ1) is 33.2. The van der Waals surface area contributed by atoms with Gasteiger partial charge in [0.1, 0.15) is 5.01 Å². The van der Waals surface area contributed by atoms with Crippen LogP contribution in [0.4, 0.5) is 0 Å². The number of carbonyl (C=O) groups excluding carboxylic acids is 1. The number of hydrogen-bond acceptors (Lipinski definition) is 10. The smallest absolute Gasteiger partial charge is 0.203 e. The summed E-state index contributed by atoms with van der Waals surface area (Å²) in [5.74, 6) is 3.56. The second kappa shape index (κ2) is 15.9. The van der Waals surface area contributed by atoms with Crippen LogP contribution in [0.15, 0.2) is 78.9 Å². The van der Waals surface area contributed by atoms with Gasteiger partial charge in [0.25, 0.3) is 0 Å². The molecule has 9 nitrogen and oxygen atoms in total. The second-order valence-corrected chi connectivity index (χ2v) is 11.3. The van der Waals surface area contributed by atoms with Crippen LogP contribution < -0.4 is 33.2 Å². The number of hydrogen-bond donors (Lipinski definition) is 0. The van der Waals surface area contributed by atoms with Crippen molar-refractivity contribution >= 4 is 33.4 Å². The van der Waals surface area contributed by atoms with Crippen LogP contribution in [-0.4, -0.2) is 59.5 Å². The molecule has 5 rings (SSSR count). The number of rotatable bonds is 16. The normalized spacial score (nSPS) is 11.0. The van der Waals surface area contributed by atoms with Gasteiger partial charge in [0.15, 0.2) is 40.3 Å². The highest BCUT2D eigenvalue weighted by Crippen LogP contribution is 2.39. The van der Waals surface area contributed by atoms with Crippen molar-refractivity contribution in [3.8, 4) is 50.8 Å². The van der Waals surface area contributed by atoms with Gasteiger partial charge in [0.05, 0.1) is 59.0 Å². The van der Waals surface area contributed by atoms with E-state index in [0.29, 0.717) is 59.0 Å². The van der Waals surface area contributed by atoms with E-state index in [0.717, 1.165) is 39.2 Å². The van der Waals surface area contributed by atoms with Crippen LogP contribution >= 0.6 is 11.3 Å². The predicted molar refractivity (Wildman–Crippen MR) is 184 cm³/mol.